The van der Waals surface area contributed by atoms with Gasteiger partial charge in [-0.05, 0) is 68.9 Å². The van der Waals surface area contributed by atoms with Gasteiger partial charge in [0.2, 0.25) is 11.8 Å². The normalized spacial score (nSPS) is 20.3. The molecule has 2 fully saturated rings. The summed E-state index contributed by atoms with van der Waals surface area (Å²) < 4.78 is 11.2. The van der Waals surface area contributed by atoms with Crippen molar-refractivity contribution in [3.63, 3.8) is 0 Å². The Labute approximate surface area is 271 Å². The SMILES string of the molecule is CCC(=O)N([C@@H](CCC[C@@H](Cc1ccccc1)N(C(=O)CC)N1CCC[C@H]1COC)Cc1ccccc1)N1CCC[C@H]1COC. The summed E-state index contributed by atoms with van der Waals surface area (Å²) in [7, 11) is 3.50. The van der Waals surface area contributed by atoms with E-state index < -0.39 is 0 Å². The van der Waals surface area contributed by atoms with E-state index in [9.17, 15) is 9.59 Å². The van der Waals surface area contributed by atoms with Gasteiger partial charge in [-0.1, -0.05) is 74.5 Å². The zero-order chi connectivity index (χ0) is 32.0. The second-order valence-corrected chi connectivity index (χ2v) is 12.6. The zero-order valence-electron chi connectivity index (χ0n) is 28.1. The van der Waals surface area contributed by atoms with Crippen LogP contribution in [0.4, 0.5) is 0 Å². The van der Waals surface area contributed by atoms with Crippen LogP contribution < -0.4 is 0 Å². The lowest BCUT2D eigenvalue weighted by molar-refractivity contribution is -0.161. The van der Waals surface area contributed by atoms with E-state index in [0.29, 0.717) is 26.1 Å². The van der Waals surface area contributed by atoms with E-state index in [1.165, 1.54) is 11.1 Å². The van der Waals surface area contributed by atoms with Crippen molar-refractivity contribution in [2.45, 2.75) is 109 Å². The molecule has 0 saturated carbocycles. The van der Waals surface area contributed by atoms with Gasteiger partial charge in [-0.3, -0.25) is 19.6 Å². The van der Waals surface area contributed by atoms with Gasteiger partial charge in [0.25, 0.3) is 0 Å². The van der Waals surface area contributed by atoms with E-state index >= 15 is 0 Å². The van der Waals surface area contributed by atoms with Gasteiger partial charge >= 0.3 is 0 Å². The number of carbonyl (C=O) groups excluding carboxylic acids is 2. The molecule has 2 heterocycles. The predicted octanol–water partition coefficient (Wildman–Crippen LogP) is 5.91. The minimum absolute atomic E-state index is 0.0260. The topological polar surface area (TPSA) is 65.6 Å². The van der Waals surface area contributed by atoms with Crippen molar-refractivity contribution in [2.24, 2.45) is 0 Å². The maximum atomic E-state index is 13.7. The Morgan fingerprint density at radius 3 is 1.47 bits per heavy atom. The minimum Gasteiger partial charge on any atom is -0.383 e. The average molecular weight is 621 g/mol. The van der Waals surface area contributed by atoms with Gasteiger partial charge in [0.15, 0.2) is 0 Å². The second-order valence-electron chi connectivity index (χ2n) is 12.6. The molecule has 0 bridgehead atoms. The Morgan fingerprint density at radius 2 is 1.11 bits per heavy atom. The number of nitrogens with zero attached hydrogens (tertiary/aromatic N) is 4. The van der Waals surface area contributed by atoms with Crippen molar-refractivity contribution < 1.29 is 19.1 Å². The number of hydrogen-bond acceptors (Lipinski definition) is 6. The first kappa shape index (κ1) is 35.1. The Morgan fingerprint density at radius 1 is 0.711 bits per heavy atom. The maximum Gasteiger partial charge on any atom is 0.236 e. The number of rotatable bonds is 18. The van der Waals surface area contributed by atoms with Crippen LogP contribution in [-0.2, 0) is 31.9 Å². The molecule has 0 aliphatic carbocycles. The fourth-order valence-electron chi connectivity index (χ4n) is 7.35. The van der Waals surface area contributed by atoms with Crippen molar-refractivity contribution >= 4 is 11.8 Å². The van der Waals surface area contributed by atoms with Crippen molar-refractivity contribution in [3.05, 3.63) is 71.8 Å². The average Bonchev–Trinajstić information content (AvgIpc) is 3.72. The smallest absolute Gasteiger partial charge is 0.236 e. The highest BCUT2D eigenvalue weighted by atomic mass is 16.5. The standard InChI is InChI=1S/C37H56N4O4/c1-5-36(42)40(38-24-14-22-34(38)28-44-3)32(26-30-16-9-7-10-17-30)20-13-21-33(27-31-18-11-8-12-19-31)41(37(43)6-2)39-25-15-23-35(39)29-45-4/h7-12,16-19,32-35H,5-6,13-15,20-29H2,1-4H3/t32-,33-,34-,35-/m0/s1. The number of hydrazine groups is 2. The molecular formula is C37H56N4O4. The zero-order valence-corrected chi connectivity index (χ0v) is 28.1. The van der Waals surface area contributed by atoms with Gasteiger partial charge in [-0.25, -0.2) is 10.0 Å². The summed E-state index contributed by atoms with van der Waals surface area (Å²) in [6.45, 7) is 6.92. The summed E-state index contributed by atoms with van der Waals surface area (Å²) in [6, 6.07) is 21.6. The third kappa shape index (κ3) is 9.61. The fraction of sp³-hybridized carbons (Fsp3) is 0.622. The van der Waals surface area contributed by atoms with Crippen LogP contribution in [0.15, 0.2) is 60.7 Å². The number of benzene rings is 2. The fourth-order valence-corrected chi connectivity index (χ4v) is 7.35. The van der Waals surface area contributed by atoms with Gasteiger partial charge in [0, 0.05) is 40.2 Å². The van der Waals surface area contributed by atoms with Crippen LogP contribution in [-0.4, -0.2) is 96.5 Å². The van der Waals surface area contributed by atoms with Crippen LogP contribution in [0.3, 0.4) is 0 Å². The summed E-state index contributed by atoms with van der Waals surface area (Å²) in [5.41, 5.74) is 2.48. The lowest BCUT2D eigenvalue weighted by atomic mass is 9.95. The highest BCUT2D eigenvalue weighted by molar-refractivity contribution is 5.76. The molecular weight excluding hydrogens is 564 g/mol. The molecule has 2 amide bonds. The summed E-state index contributed by atoms with van der Waals surface area (Å²) in [4.78, 5) is 27.4. The Hall–Kier alpha value is -2.78. The third-order valence-corrected chi connectivity index (χ3v) is 9.47. The predicted molar refractivity (Wildman–Crippen MR) is 179 cm³/mol. The summed E-state index contributed by atoms with van der Waals surface area (Å²) in [6.07, 6.45) is 9.33. The molecule has 2 aromatic carbocycles. The minimum atomic E-state index is 0.0260. The van der Waals surface area contributed by atoms with Crippen molar-refractivity contribution in [1.82, 2.24) is 20.0 Å². The molecule has 0 N–H and O–H groups in total. The molecule has 0 aromatic heterocycles. The Balaban J connectivity index is 1.61. The van der Waals surface area contributed by atoms with Crippen molar-refractivity contribution in [2.75, 3.05) is 40.5 Å². The lowest BCUT2D eigenvalue weighted by Crippen LogP contribution is -2.56. The van der Waals surface area contributed by atoms with Gasteiger partial charge < -0.3 is 9.47 Å². The van der Waals surface area contributed by atoms with E-state index in [2.05, 4.69) is 68.6 Å². The largest absolute Gasteiger partial charge is 0.383 e. The van der Waals surface area contributed by atoms with E-state index in [0.717, 1.165) is 70.9 Å². The van der Waals surface area contributed by atoms with Gasteiger partial charge in [-0.15, -0.1) is 0 Å². The van der Waals surface area contributed by atoms with E-state index in [1.807, 2.05) is 26.0 Å². The first-order chi connectivity index (χ1) is 22.0. The third-order valence-electron chi connectivity index (χ3n) is 9.47. The number of methoxy groups -OCH3 is 2. The molecule has 8 nitrogen and oxygen atoms in total. The molecule has 8 heteroatoms. The quantitative estimate of drug-likeness (QED) is 0.207. The van der Waals surface area contributed by atoms with E-state index in [1.54, 1.807) is 14.2 Å². The summed E-state index contributed by atoms with van der Waals surface area (Å²) in [5.74, 6) is 0.337. The van der Waals surface area contributed by atoms with Crippen molar-refractivity contribution in [1.29, 1.82) is 0 Å². The van der Waals surface area contributed by atoms with Crippen LogP contribution >= 0.6 is 0 Å². The molecule has 2 aliphatic rings. The number of carbonyl (C=O) groups is 2. The van der Waals surface area contributed by atoms with E-state index in [4.69, 9.17) is 9.47 Å². The second kappa shape index (κ2) is 18.4. The highest BCUT2D eigenvalue weighted by Crippen LogP contribution is 2.29. The molecule has 2 aromatic rings. The van der Waals surface area contributed by atoms with Gasteiger partial charge in [0.1, 0.15) is 0 Å². The molecule has 0 spiro atoms. The molecule has 0 radical (unpaired) electrons. The lowest BCUT2D eigenvalue weighted by Gasteiger charge is -2.43. The first-order valence-electron chi connectivity index (χ1n) is 17.2. The monoisotopic (exact) mass is 620 g/mol. The highest BCUT2D eigenvalue weighted by Gasteiger charge is 2.38. The molecule has 2 aliphatic heterocycles. The van der Waals surface area contributed by atoms with Crippen LogP contribution in [0.1, 0.15) is 82.8 Å². The van der Waals surface area contributed by atoms with Gasteiger partial charge in [-0.2, -0.15) is 0 Å². The first-order valence-corrected chi connectivity index (χ1v) is 17.2. The molecule has 4 rings (SSSR count). The molecule has 2 saturated heterocycles. The van der Waals surface area contributed by atoms with Crippen LogP contribution in [0, 0.1) is 0 Å². The van der Waals surface area contributed by atoms with E-state index in [-0.39, 0.29) is 36.0 Å². The number of ether oxygens (including phenoxy) is 2. The maximum absolute atomic E-state index is 13.7. The molecule has 4 atom stereocenters. The molecule has 0 unspecified atom stereocenters. The Kier molecular flexibility index (Phi) is 14.3. The Bertz CT molecular complexity index is 1060. The van der Waals surface area contributed by atoms with Crippen LogP contribution in [0.25, 0.3) is 0 Å². The molecule has 45 heavy (non-hydrogen) atoms. The van der Waals surface area contributed by atoms with Crippen LogP contribution in [0.5, 0.6) is 0 Å². The number of amides is 2. The number of hydrogen-bond donors (Lipinski definition) is 0. The van der Waals surface area contributed by atoms with Gasteiger partial charge in [0.05, 0.1) is 37.4 Å². The van der Waals surface area contributed by atoms with Crippen LogP contribution in [0.2, 0.25) is 0 Å². The summed E-state index contributed by atoms with van der Waals surface area (Å²) >= 11 is 0. The molecule has 248 valence electrons. The summed E-state index contributed by atoms with van der Waals surface area (Å²) in [5, 5.41) is 8.80. The van der Waals surface area contributed by atoms with Crippen molar-refractivity contribution in [3.8, 4) is 0 Å².